The van der Waals surface area contributed by atoms with Gasteiger partial charge in [-0.2, -0.15) is 0 Å². The summed E-state index contributed by atoms with van der Waals surface area (Å²) < 4.78 is 1.78. The Morgan fingerprint density at radius 3 is 2.48 bits per heavy atom. The number of aryl methyl sites for hydroxylation is 1. The third-order valence-electron chi connectivity index (χ3n) is 6.39. The Balaban J connectivity index is 1.45. The van der Waals surface area contributed by atoms with E-state index < -0.39 is 0 Å². The van der Waals surface area contributed by atoms with Crippen molar-refractivity contribution in [3.8, 4) is 5.69 Å². The van der Waals surface area contributed by atoms with Crippen LogP contribution >= 0.6 is 0 Å². The van der Waals surface area contributed by atoms with E-state index in [2.05, 4.69) is 34.9 Å². The van der Waals surface area contributed by atoms with Gasteiger partial charge in [0, 0.05) is 32.2 Å². The van der Waals surface area contributed by atoms with Crippen LogP contribution in [0.3, 0.4) is 0 Å². The summed E-state index contributed by atoms with van der Waals surface area (Å²) in [5, 5.41) is 4.57. The highest BCUT2D eigenvalue weighted by Crippen LogP contribution is 2.24. The molecule has 0 atom stereocenters. The van der Waals surface area contributed by atoms with Gasteiger partial charge in [0.15, 0.2) is 0 Å². The fourth-order valence-electron chi connectivity index (χ4n) is 4.59. The number of likely N-dealkylation sites (tertiary alicyclic amines) is 1. The minimum absolute atomic E-state index is 0.132. The first kappa shape index (κ1) is 21.5. The van der Waals surface area contributed by atoms with Gasteiger partial charge in [0.25, 0.3) is 5.91 Å². The number of nitrogens with zero attached hydrogens (tertiary/aromatic N) is 6. The molecule has 8 heteroatoms. The van der Waals surface area contributed by atoms with Crippen molar-refractivity contribution in [2.24, 2.45) is 0 Å². The first-order chi connectivity index (χ1) is 14.8. The minimum atomic E-state index is -0.132. The molecule has 1 aromatic carbocycles. The molecule has 0 saturated carbocycles. The van der Waals surface area contributed by atoms with Gasteiger partial charge in [-0.3, -0.25) is 14.5 Å². The number of rotatable bonds is 4. The van der Waals surface area contributed by atoms with E-state index in [1.165, 1.54) is 5.56 Å². The molecule has 1 aromatic heterocycles. The number of carbonyl (C=O) groups is 2. The third-order valence-corrected chi connectivity index (χ3v) is 6.39. The molecule has 166 valence electrons. The summed E-state index contributed by atoms with van der Waals surface area (Å²) in [6.45, 7) is 9.58. The van der Waals surface area contributed by atoms with Gasteiger partial charge in [-0.05, 0) is 44.4 Å². The average Bonchev–Trinajstić information content (AvgIpc) is 3.15. The number of para-hydroxylation sites is 1. The van der Waals surface area contributed by atoms with Crippen molar-refractivity contribution in [2.75, 3.05) is 39.8 Å². The van der Waals surface area contributed by atoms with Crippen LogP contribution in [0.4, 0.5) is 0 Å². The van der Waals surface area contributed by atoms with Crippen LogP contribution in [0, 0.1) is 6.92 Å². The van der Waals surface area contributed by atoms with Crippen molar-refractivity contribution in [2.45, 2.75) is 45.6 Å². The summed E-state index contributed by atoms with van der Waals surface area (Å²) in [6.07, 6.45) is 1.61. The second-order valence-corrected chi connectivity index (χ2v) is 8.96. The molecule has 0 radical (unpaired) electrons. The van der Waals surface area contributed by atoms with Crippen molar-refractivity contribution >= 4 is 11.8 Å². The van der Waals surface area contributed by atoms with Gasteiger partial charge in [-0.25, -0.2) is 9.67 Å². The fraction of sp³-hybridized carbons (Fsp3) is 0.565. The standard InChI is InChI=1S/C23H32N6O2/c1-16(2)19-7-5-6-8-20(19)29-17(3)24-22(25-29)23(31)27-11-9-18(10-12-27)28-14-13-26(4)15-21(28)30/h5-8,16,18H,9-15H2,1-4H3. The highest BCUT2D eigenvalue weighted by molar-refractivity contribution is 5.90. The van der Waals surface area contributed by atoms with Gasteiger partial charge in [0.2, 0.25) is 11.7 Å². The predicted molar refractivity (Wildman–Crippen MR) is 118 cm³/mol. The van der Waals surface area contributed by atoms with Gasteiger partial charge in [-0.1, -0.05) is 32.0 Å². The lowest BCUT2D eigenvalue weighted by atomic mass is 10.0. The number of piperazine rings is 1. The molecule has 2 amide bonds. The van der Waals surface area contributed by atoms with Crippen LogP contribution in [0.5, 0.6) is 0 Å². The second kappa shape index (κ2) is 8.78. The Morgan fingerprint density at radius 1 is 1.10 bits per heavy atom. The number of aromatic nitrogens is 3. The van der Waals surface area contributed by atoms with E-state index in [4.69, 9.17) is 0 Å². The van der Waals surface area contributed by atoms with Crippen LogP contribution in [0.1, 0.15) is 54.6 Å². The lowest BCUT2D eigenvalue weighted by Gasteiger charge is -2.41. The number of carbonyl (C=O) groups excluding carboxylic acids is 2. The van der Waals surface area contributed by atoms with E-state index in [0.717, 1.165) is 31.6 Å². The highest BCUT2D eigenvalue weighted by atomic mass is 16.2. The van der Waals surface area contributed by atoms with Crippen molar-refractivity contribution in [3.63, 3.8) is 0 Å². The van der Waals surface area contributed by atoms with E-state index in [9.17, 15) is 9.59 Å². The van der Waals surface area contributed by atoms with Crippen LogP contribution in [0.2, 0.25) is 0 Å². The molecule has 4 rings (SSSR count). The third kappa shape index (κ3) is 4.35. The second-order valence-electron chi connectivity index (χ2n) is 8.96. The van der Waals surface area contributed by atoms with E-state index in [1.807, 2.05) is 42.0 Å². The molecule has 2 aliphatic rings. The molecule has 0 unspecified atom stereocenters. The summed E-state index contributed by atoms with van der Waals surface area (Å²) in [5.41, 5.74) is 2.14. The van der Waals surface area contributed by atoms with Crippen molar-refractivity contribution < 1.29 is 9.59 Å². The topological polar surface area (TPSA) is 74.6 Å². The maximum absolute atomic E-state index is 13.1. The zero-order valence-electron chi connectivity index (χ0n) is 18.9. The van der Waals surface area contributed by atoms with Crippen LogP contribution < -0.4 is 0 Å². The van der Waals surface area contributed by atoms with Crippen molar-refractivity contribution in [3.05, 3.63) is 41.5 Å². The summed E-state index contributed by atoms with van der Waals surface area (Å²) in [4.78, 5) is 35.8. The number of likely N-dealkylation sites (N-methyl/N-ethyl adjacent to an activating group) is 1. The summed E-state index contributed by atoms with van der Waals surface area (Å²) >= 11 is 0. The van der Waals surface area contributed by atoms with Crippen molar-refractivity contribution in [1.29, 1.82) is 0 Å². The summed E-state index contributed by atoms with van der Waals surface area (Å²) in [7, 11) is 1.98. The van der Waals surface area contributed by atoms with Crippen LogP contribution in [-0.2, 0) is 4.79 Å². The number of hydrogen-bond acceptors (Lipinski definition) is 5. The molecule has 8 nitrogen and oxygen atoms in total. The number of piperidine rings is 1. The van der Waals surface area contributed by atoms with Gasteiger partial charge < -0.3 is 9.80 Å². The maximum atomic E-state index is 13.1. The molecular weight excluding hydrogens is 392 g/mol. The largest absolute Gasteiger partial charge is 0.337 e. The molecule has 0 aliphatic carbocycles. The van der Waals surface area contributed by atoms with Crippen LogP contribution in [0.25, 0.3) is 5.69 Å². The number of amides is 2. The highest BCUT2D eigenvalue weighted by Gasteiger charge is 2.33. The molecule has 31 heavy (non-hydrogen) atoms. The Bertz CT molecular complexity index is 961. The molecule has 2 aliphatic heterocycles. The molecule has 2 fully saturated rings. The lowest BCUT2D eigenvalue weighted by Crippen LogP contribution is -2.55. The SMILES string of the molecule is Cc1nc(C(=O)N2CCC(N3CCN(C)CC3=O)CC2)nn1-c1ccccc1C(C)C. The Kier molecular flexibility index (Phi) is 6.09. The smallest absolute Gasteiger partial charge is 0.293 e. The molecule has 2 aromatic rings. The first-order valence-corrected chi connectivity index (χ1v) is 11.2. The molecule has 2 saturated heterocycles. The van der Waals surface area contributed by atoms with Crippen molar-refractivity contribution in [1.82, 2.24) is 29.5 Å². The first-order valence-electron chi connectivity index (χ1n) is 11.2. The molecule has 0 spiro atoms. The van der Waals surface area contributed by atoms with Gasteiger partial charge in [-0.15, -0.1) is 5.10 Å². The van der Waals surface area contributed by atoms with Crippen LogP contribution in [-0.4, -0.2) is 87.1 Å². The quantitative estimate of drug-likeness (QED) is 0.751. The van der Waals surface area contributed by atoms with E-state index in [0.29, 0.717) is 31.4 Å². The average molecular weight is 425 g/mol. The Hall–Kier alpha value is -2.74. The Morgan fingerprint density at radius 2 is 1.81 bits per heavy atom. The zero-order valence-corrected chi connectivity index (χ0v) is 18.9. The fourth-order valence-corrected chi connectivity index (χ4v) is 4.59. The van der Waals surface area contributed by atoms with Gasteiger partial charge in [0.1, 0.15) is 5.82 Å². The maximum Gasteiger partial charge on any atom is 0.293 e. The summed E-state index contributed by atoms with van der Waals surface area (Å²) in [6, 6.07) is 8.33. The molecular formula is C23H32N6O2. The summed E-state index contributed by atoms with van der Waals surface area (Å²) in [5.74, 6) is 1.35. The molecule has 3 heterocycles. The van der Waals surface area contributed by atoms with E-state index in [-0.39, 0.29) is 23.7 Å². The predicted octanol–water partition coefficient (Wildman–Crippen LogP) is 2.08. The van der Waals surface area contributed by atoms with Gasteiger partial charge >= 0.3 is 0 Å². The zero-order chi connectivity index (χ0) is 22.1. The van der Waals surface area contributed by atoms with Gasteiger partial charge in [0.05, 0.1) is 12.2 Å². The minimum Gasteiger partial charge on any atom is -0.337 e. The molecule has 0 N–H and O–H groups in total. The monoisotopic (exact) mass is 424 g/mol. The number of benzene rings is 1. The molecule has 0 bridgehead atoms. The van der Waals surface area contributed by atoms with Crippen LogP contribution in [0.15, 0.2) is 24.3 Å². The Labute approximate surface area is 183 Å². The van der Waals surface area contributed by atoms with E-state index >= 15 is 0 Å². The lowest BCUT2D eigenvalue weighted by molar-refractivity contribution is -0.138. The van der Waals surface area contributed by atoms with E-state index in [1.54, 1.807) is 4.68 Å². The number of hydrogen-bond donors (Lipinski definition) is 0. The normalized spacial score (nSPS) is 18.8.